The highest BCUT2D eigenvalue weighted by molar-refractivity contribution is 5.80. The van der Waals surface area contributed by atoms with Crippen LogP contribution in [-0.4, -0.2) is 46.9 Å². The summed E-state index contributed by atoms with van der Waals surface area (Å²) in [6, 6.07) is 0.178. The number of carbonyl (C=O) groups is 3. The Morgan fingerprint density at radius 3 is 2.21 bits per heavy atom. The first-order chi connectivity index (χ1) is 13.3. The molecule has 0 heterocycles. The molecule has 0 aromatic rings. The van der Waals surface area contributed by atoms with Crippen molar-refractivity contribution in [3.8, 4) is 0 Å². The molecule has 0 bridgehead atoms. The van der Waals surface area contributed by atoms with Crippen LogP contribution in [0.1, 0.15) is 84.5 Å². The lowest BCUT2D eigenvalue weighted by atomic mass is 9.84. The molecule has 2 rings (SSSR count). The quantitative estimate of drug-likeness (QED) is 0.626. The minimum Gasteiger partial charge on any atom is -0.481 e. The lowest BCUT2D eigenvalue weighted by Crippen LogP contribution is -2.44. The highest BCUT2D eigenvalue weighted by Gasteiger charge is 2.30. The van der Waals surface area contributed by atoms with Gasteiger partial charge in [0.1, 0.15) is 0 Å². The summed E-state index contributed by atoms with van der Waals surface area (Å²) < 4.78 is 0. The van der Waals surface area contributed by atoms with Gasteiger partial charge in [0.25, 0.3) is 0 Å². The lowest BCUT2D eigenvalue weighted by Gasteiger charge is -2.33. The van der Waals surface area contributed by atoms with E-state index in [9.17, 15) is 14.4 Å². The number of aliphatic carboxylic acids is 1. The van der Waals surface area contributed by atoms with Crippen LogP contribution >= 0.6 is 0 Å². The van der Waals surface area contributed by atoms with Crippen LogP contribution in [0.25, 0.3) is 0 Å². The van der Waals surface area contributed by atoms with Gasteiger partial charge in [0.2, 0.25) is 11.8 Å². The van der Waals surface area contributed by atoms with Crippen LogP contribution in [0.5, 0.6) is 0 Å². The van der Waals surface area contributed by atoms with Crippen molar-refractivity contribution < 1.29 is 19.5 Å². The molecule has 6 heteroatoms. The van der Waals surface area contributed by atoms with Crippen LogP contribution < -0.4 is 5.32 Å². The normalized spacial score (nSPS) is 23.4. The van der Waals surface area contributed by atoms with Gasteiger partial charge in [-0.05, 0) is 50.4 Å². The van der Waals surface area contributed by atoms with Gasteiger partial charge in [-0.2, -0.15) is 0 Å². The first kappa shape index (κ1) is 22.7. The van der Waals surface area contributed by atoms with Crippen LogP contribution in [0.2, 0.25) is 0 Å². The Kier molecular flexibility index (Phi) is 9.26. The summed E-state index contributed by atoms with van der Waals surface area (Å²) in [7, 11) is 0. The van der Waals surface area contributed by atoms with Crippen LogP contribution in [0.3, 0.4) is 0 Å². The van der Waals surface area contributed by atoms with Gasteiger partial charge in [-0.25, -0.2) is 0 Å². The third-order valence-electron chi connectivity index (χ3n) is 6.13. The molecule has 0 atom stereocenters. The van der Waals surface area contributed by atoms with E-state index in [0.29, 0.717) is 24.8 Å². The summed E-state index contributed by atoms with van der Waals surface area (Å²) in [5.74, 6) is 0.204. The van der Waals surface area contributed by atoms with Gasteiger partial charge in [-0.15, -0.1) is 0 Å². The van der Waals surface area contributed by atoms with Crippen molar-refractivity contribution in [2.75, 3.05) is 13.1 Å². The topological polar surface area (TPSA) is 86.7 Å². The molecule has 0 aromatic heterocycles. The van der Waals surface area contributed by atoms with E-state index in [1.165, 1.54) is 32.1 Å². The number of carboxylic acids is 1. The van der Waals surface area contributed by atoms with Crippen LogP contribution in [0, 0.1) is 17.8 Å². The monoisotopic (exact) mass is 394 g/mol. The molecule has 0 unspecified atom stereocenters. The van der Waals surface area contributed by atoms with Crippen molar-refractivity contribution in [2.24, 2.45) is 17.8 Å². The van der Waals surface area contributed by atoms with Gasteiger partial charge >= 0.3 is 5.97 Å². The fraction of sp³-hybridized carbons (Fsp3) is 0.864. The van der Waals surface area contributed by atoms with Crippen molar-refractivity contribution in [2.45, 2.75) is 90.5 Å². The van der Waals surface area contributed by atoms with Crippen molar-refractivity contribution in [3.05, 3.63) is 0 Å². The molecular weight excluding hydrogens is 356 g/mol. The number of carbonyl (C=O) groups excluding carboxylic acids is 2. The smallest absolute Gasteiger partial charge is 0.305 e. The lowest BCUT2D eigenvalue weighted by molar-refractivity contribution is -0.140. The Bertz CT molecular complexity index is 521. The molecule has 2 saturated carbocycles. The van der Waals surface area contributed by atoms with Gasteiger partial charge in [0.15, 0.2) is 0 Å². The maximum absolute atomic E-state index is 12.9. The summed E-state index contributed by atoms with van der Waals surface area (Å²) >= 11 is 0. The Labute approximate surface area is 169 Å². The second kappa shape index (κ2) is 11.4. The second-order valence-electron chi connectivity index (χ2n) is 9.15. The van der Waals surface area contributed by atoms with E-state index < -0.39 is 5.97 Å². The van der Waals surface area contributed by atoms with E-state index in [2.05, 4.69) is 5.32 Å². The molecule has 2 aliphatic carbocycles. The largest absolute Gasteiger partial charge is 0.481 e. The van der Waals surface area contributed by atoms with Gasteiger partial charge in [-0.3, -0.25) is 14.4 Å². The molecule has 2 fully saturated rings. The zero-order chi connectivity index (χ0) is 20.5. The number of nitrogens with zero attached hydrogens (tertiary/aromatic N) is 1. The Balaban J connectivity index is 1.76. The predicted octanol–water partition coefficient (Wildman–Crippen LogP) is 3.59. The molecular formula is C22H38N2O4. The summed E-state index contributed by atoms with van der Waals surface area (Å²) in [5, 5.41) is 12.1. The number of carboxylic acid groups (broad SMARTS) is 1. The van der Waals surface area contributed by atoms with Crippen LogP contribution in [0.15, 0.2) is 0 Å². The standard InChI is InChI=1S/C22H38N2O4/c1-16(2)15-24(13-12-21(26)27)22(28)18-8-10-19(11-9-18)23-20(25)14-17-6-4-3-5-7-17/h16-19H,3-15H2,1-2H3,(H,23,25)(H,26,27). The van der Waals surface area contributed by atoms with Crippen molar-refractivity contribution in [1.82, 2.24) is 10.2 Å². The van der Waals surface area contributed by atoms with E-state index in [1.54, 1.807) is 4.90 Å². The molecule has 0 aromatic carbocycles. The van der Waals surface area contributed by atoms with Crippen molar-refractivity contribution in [3.63, 3.8) is 0 Å². The molecule has 0 aliphatic heterocycles. The third-order valence-corrected chi connectivity index (χ3v) is 6.13. The third kappa shape index (κ3) is 7.80. The average molecular weight is 395 g/mol. The van der Waals surface area contributed by atoms with Crippen molar-refractivity contribution >= 4 is 17.8 Å². The molecule has 0 saturated heterocycles. The molecule has 28 heavy (non-hydrogen) atoms. The van der Waals surface area contributed by atoms with Gasteiger partial charge in [0.05, 0.1) is 6.42 Å². The van der Waals surface area contributed by atoms with E-state index in [4.69, 9.17) is 5.11 Å². The Morgan fingerprint density at radius 1 is 1.00 bits per heavy atom. The van der Waals surface area contributed by atoms with E-state index in [1.807, 2.05) is 13.8 Å². The highest BCUT2D eigenvalue weighted by atomic mass is 16.4. The number of amides is 2. The number of hydrogen-bond donors (Lipinski definition) is 2. The molecule has 0 spiro atoms. The first-order valence-electron chi connectivity index (χ1n) is 11.1. The summed E-state index contributed by atoms with van der Waals surface area (Å²) in [6.07, 6.45) is 10.0. The Hall–Kier alpha value is -1.59. The van der Waals surface area contributed by atoms with E-state index >= 15 is 0 Å². The maximum Gasteiger partial charge on any atom is 0.305 e. The Morgan fingerprint density at radius 2 is 1.64 bits per heavy atom. The molecule has 2 aliphatic rings. The average Bonchev–Trinajstić information content (AvgIpc) is 2.65. The minimum atomic E-state index is -0.869. The fourth-order valence-electron chi connectivity index (χ4n) is 4.65. The second-order valence-corrected chi connectivity index (χ2v) is 9.15. The summed E-state index contributed by atoms with van der Waals surface area (Å²) in [4.78, 5) is 37.8. The summed E-state index contributed by atoms with van der Waals surface area (Å²) in [5.41, 5.74) is 0. The number of hydrogen-bond acceptors (Lipinski definition) is 3. The van der Waals surface area contributed by atoms with E-state index in [-0.39, 0.29) is 36.7 Å². The first-order valence-corrected chi connectivity index (χ1v) is 11.1. The maximum atomic E-state index is 12.9. The molecule has 6 nitrogen and oxygen atoms in total. The highest BCUT2D eigenvalue weighted by Crippen LogP contribution is 2.28. The van der Waals surface area contributed by atoms with Crippen LogP contribution in [-0.2, 0) is 14.4 Å². The molecule has 0 radical (unpaired) electrons. The zero-order valence-corrected chi connectivity index (χ0v) is 17.6. The molecule has 160 valence electrons. The predicted molar refractivity (Wildman–Crippen MR) is 109 cm³/mol. The number of rotatable bonds is 9. The molecule has 2 amide bonds. The minimum absolute atomic E-state index is 0.00890. The SMILES string of the molecule is CC(C)CN(CCC(=O)O)C(=O)C1CCC(NC(=O)CC2CCCCC2)CC1. The van der Waals surface area contributed by atoms with Gasteiger partial charge in [-0.1, -0.05) is 33.1 Å². The van der Waals surface area contributed by atoms with E-state index in [0.717, 1.165) is 25.7 Å². The fourth-order valence-corrected chi connectivity index (χ4v) is 4.65. The van der Waals surface area contributed by atoms with Crippen LogP contribution in [0.4, 0.5) is 0 Å². The van der Waals surface area contributed by atoms with Crippen molar-refractivity contribution in [1.29, 1.82) is 0 Å². The molecule has 2 N–H and O–H groups in total. The van der Waals surface area contributed by atoms with Gasteiger partial charge < -0.3 is 15.3 Å². The zero-order valence-electron chi connectivity index (χ0n) is 17.6. The summed E-state index contributed by atoms with van der Waals surface area (Å²) in [6.45, 7) is 4.97. The van der Waals surface area contributed by atoms with Gasteiger partial charge in [0, 0.05) is 31.5 Å². The number of nitrogens with one attached hydrogen (secondary N) is 1.